The summed E-state index contributed by atoms with van der Waals surface area (Å²) >= 11 is 9.11. The van der Waals surface area contributed by atoms with Gasteiger partial charge in [-0.1, -0.05) is 22.0 Å². The molecule has 0 fully saturated rings. The smallest absolute Gasteiger partial charge is 0.248 e. The number of aryl methyl sites for hydroxylation is 1. The minimum Gasteiger partial charge on any atom is -0.421 e. The largest absolute Gasteiger partial charge is 0.421 e. The second kappa shape index (κ2) is 5.65. The molecule has 0 amide bonds. The summed E-state index contributed by atoms with van der Waals surface area (Å²) in [7, 11) is 0. The van der Waals surface area contributed by atoms with Crippen LogP contribution in [0.15, 0.2) is 27.1 Å². The summed E-state index contributed by atoms with van der Waals surface area (Å²) in [5, 5.41) is 8.07. The maximum Gasteiger partial charge on any atom is 0.248 e. The number of halogens is 2. The van der Waals surface area contributed by atoms with E-state index in [-0.39, 0.29) is 0 Å². The highest BCUT2D eigenvalue weighted by molar-refractivity contribution is 9.10. The Balaban J connectivity index is 2.27. The zero-order valence-electron chi connectivity index (χ0n) is 9.41. The van der Waals surface area contributed by atoms with Crippen LogP contribution in [0.5, 0.6) is 0 Å². The van der Waals surface area contributed by atoms with Crippen molar-refractivity contribution in [3.8, 4) is 11.5 Å². The summed E-state index contributed by atoms with van der Waals surface area (Å²) < 4.78 is 6.64. The Morgan fingerprint density at radius 1 is 1.35 bits per heavy atom. The molecular weight excluding hydrogens is 304 g/mol. The molecule has 0 unspecified atom stereocenters. The molecule has 0 saturated heterocycles. The standard InChI is InChI=1S/C12H12BrClN2O/c1-8-9(4-2-5-10(8)13)12-16-15-11(17-12)6-3-7-14/h2,4-5H,3,6-7H2,1H3. The lowest BCUT2D eigenvalue weighted by Crippen LogP contribution is -1.85. The van der Waals surface area contributed by atoms with E-state index >= 15 is 0 Å². The van der Waals surface area contributed by atoms with Gasteiger partial charge >= 0.3 is 0 Å². The molecule has 2 aromatic rings. The molecule has 0 saturated carbocycles. The van der Waals surface area contributed by atoms with Gasteiger partial charge in [-0.05, 0) is 31.0 Å². The van der Waals surface area contributed by atoms with Gasteiger partial charge in [-0.2, -0.15) is 0 Å². The quantitative estimate of drug-likeness (QED) is 0.801. The first-order valence-electron chi connectivity index (χ1n) is 5.36. The summed E-state index contributed by atoms with van der Waals surface area (Å²) in [4.78, 5) is 0. The fourth-order valence-corrected chi connectivity index (χ4v) is 2.02. The van der Waals surface area contributed by atoms with E-state index < -0.39 is 0 Å². The van der Waals surface area contributed by atoms with Gasteiger partial charge < -0.3 is 4.42 Å². The third-order valence-electron chi connectivity index (χ3n) is 2.49. The van der Waals surface area contributed by atoms with Gasteiger partial charge in [0, 0.05) is 22.3 Å². The molecule has 0 atom stereocenters. The molecule has 0 spiro atoms. The van der Waals surface area contributed by atoms with Crippen molar-refractivity contribution in [1.82, 2.24) is 10.2 Å². The molecule has 1 aromatic heterocycles. The predicted octanol–water partition coefficient (Wildman–Crippen LogP) is 3.98. The second-order valence-corrected chi connectivity index (χ2v) is 4.94. The number of benzene rings is 1. The zero-order valence-corrected chi connectivity index (χ0v) is 11.8. The molecule has 90 valence electrons. The first-order chi connectivity index (χ1) is 8.22. The van der Waals surface area contributed by atoms with Crippen LogP contribution in [-0.2, 0) is 6.42 Å². The molecule has 1 heterocycles. The van der Waals surface area contributed by atoms with Gasteiger partial charge in [0.1, 0.15) is 0 Å². The van der Waals surface area contributed by atoms with E-state index in [0.29, 0.717) is 17.7 Å². The van der Waals surface area contributed by atoms with Gasteiger partial charge in [-0.15, -0.1) is 21.8 Å². The molecule has 0 bridgehead atoms. The second-order valence-electron chi connectivity index (χ2n) is 3.71. The maximum absolute atomic E-state index is 5.63. The van der Waals surface area contributed by atoms with Crippen molar-refractivity contribution in [3.05, 3.63) is 34.1 Å². The maximum atomic E-state index is 5.63. The third kappa shape index (κ3) is 2.87. The van der Waals surface area contributed by atoms with Crippen LogP contribution >= 0.6 is 27.5 Å². The van der Waals surface area contributed by atoms with Crippen molar-refractivity contribution in [3.63, 3.8) is 0 Å². The molecule has 17 heavy (non-hydrogen) atoms. The molecule has 0 N–H and O–H groups in total. The van der Waals surface area contributed by atoms with Gasteiger partial charge in [0.25, 0.3) is 0 Å². The van der Waals surface area contributed by atoms with Gasteiger partial charge in [0.2, 0.25) is 11.8 Å². The van der Waals surface area contributed by atoms with E-state index in [2.05, 4.69) is 26.1 Å². The van der Waals surface area contributed by atoms with Crippen LogP contribution in [0.25, 0.3) is 11.5 Å². The summed E-state index contributed by atoms with van der Waals surface area (Å²) in [5.41, 5.74) is 2.06. The summed E-state index contributed by atoms with van der Waals surface area (Å²) in [6.07, 6.45) is 1.57. The van der Waals surface area contributed by atoms with Crippen LogP contribution in [0.4, 0.5) is 0 Å². The van der Waals surface area contributed by atoms with Crippen molar-refractivity contribution in [2.45, 2.75) is 19.8 Å². The Morgan fingerprint density at radius 3 is 2.94 bits per heavy atom. The van der Waals surface area contributed by atoms with Crippen molar-refractivity contribution in [1.29, 1.82) is 0 Å². The van der Waals surface area contributed by atoms with Crippen LogP contribution in [0.3, 0.4) is 0 Å². The predicted molar refractivity (Wildman–Crippen MR) is 71.2 cm³/mol. The number of hydrogen-bond donors (Lipinski definition) is 0. The number of rotatable bonds is 4. The highest BCUT2D eigenvalue weighted by Gasteiger charge is 2.11. The molecule has 0 aliphatic carbocycles. The zero-order chi connectivity index (χ0) is 12.3. The molecule has 0 aliphatic heterocycles. The average Bonchev–Trinajstić information content (AvgIpc) is 2.78. The Bertz CT molecular complexity index is 513. The summed E-state index contributed by atoms with van der Waals surface area (Å²) in [5.74, 6) is 1.81. The van der Waals surface area contributed by atoms with Crippen LogP contribution in [-0.4, -0.2) is 16.1 Å². The summed E-state index contributed by atoms with van der Waals surface area (Å²) in [6.45, 7) is 2.02. The Kier molecular flexibility index (Phi) is 4.18. The van der Waals surface area contributed by atoms with Crippen molar-refractivity contribution in [2.24, 2.45) is 0 Å². The highest BCUT2D eigenvalue weighted by Crippen LogP contribution is 2.27. The number of hydrogen-bond acceptors (Lipinski definition) is 3. The first kappa shape index (κ1) is 12.6. The molecule has 5 heteroatoms. The van der Waals surface area contributed by atoms with Gasteiger partial charge in [0.15, 0.2) is 0 Å². The van der Waals surface area contributed by atoms with Crippen molar-refractivity contribution >= 4 is 27.5 Å². The van der Waals surface area contributed by atoms with Crippen molar-refractivity contribution in [2.75, 3.05) is 5.88 Å². The number of nitrogens with zero attached hydrogens (tertiary/aromatic N) is 2. The molecule has 1 aromatic carbocycles. The topological polar surface area (TPSA) is 38.9 Å². The van der Waals surface area contributed by atoms with E-state index in [1.54, 1.807) is 0 Å². The molecule has 2 rings (SSSR count). The lowest BCUT2D eigenvalue weighted by atomic mass is 10.1. The fraction of sp³-hybridized carbons (Fsp3) is 0.333. The molecular formula is C12H12BrClN2O. The van der Waals surface area contributed by atoms with Crippen LogP contribution in [0.2, 0.25) is 0 Å². The van der Waals surface area contributed by atoms with E-state index in [0.717, 1.165) is 28.4 Å². The SMILES string of the molecule is Cc1c(Br)cccc1-c1nnc(CCCCl)o1. The Labute approximate surface area is 113 Å². The van der Waals surface area contributed by atoms with Crippen molar-refractivity contribution < 1.29 is 4.42 Å². The van der Waals surface area contributed by atoms with Crippen LogP contribution < -0.4 is 0 Å². The number of aromatic nitrogens is 2. The van der Waals surface area contributed by atoms with E-state index in [4.69, 9.17) is 16.0 Å². The third-order valence-corrected chi connectivity index (χ3v) is 3.62. The average molecular weight is 316 g/mol. The van der Waals surface area contributed by atoms with Gasteiger partial charge in [0.05, 0.1) is 0 Å². The monoisotopic (exact) mass is 314 g/mol. The van der Waals surface area contributed by atoms with E-state index in [1.807, 2.05) is 25.1 Å². The Hall–Kier alpha value is -0.870. The first-order valence-corrected chi connectivity index (χ1v) is 6.69. The van der Waals surface area contributed by atoms with E-state index in [1.165, 1.54) is 0 Å². The normalized spacial score (nSPS) is 10.8. The lowest BCUT2D eigenvalue weighted by molar-refractivity contribution is 0.502. The molecule has 0 radical (unpaired) electrons. The fourth-order valence-electron chi connectivity index (χ4n) is 1.52. The highest BCUT2D eigenvalue weighted by atomic mass is 79.9. The van der Waals surface area contributed by atoms with Crippen LogP contribution in [0, 0.1) is 6.92 Å². The molecule has 0 aliphatic rings. The number of alkyl halides is 1. The minimum absolute atomic E-state index is 0.563. The Morgan fingerprint density at radius 2 is 2.18 bits per heavy atom. The lowest BCUT2D eigenvalue weighted by Gasteiger charge is -2.02. The van der Waals surface area contributed by atoms with Crippen LogP contribution in [0.1, 0.15) is 17.9 Å². The minimum atomic E-state index is 0.563. The van der Waals surface area contributed by atoms with Gasteiger partial charge in [-0.25, -0.2) is 0 Å². The van der Waals surface area contributed by atoms with E-state index in [9.17, 15) is 0 Å². The van der Waals surface area contributed by atoms with Gasteiger partial charge in [-0.3, -0.25) is 0 Å². The summed E-state index contributed by atoms with van der Waals surface area (Å²) in [6, 6.07) is 5.91. The molecule has 3 nitrogen and oxygen atoms in total.